The Labute approximate surface area is 203 Å². The monoisotopic (exact) mass is 520 g/mol. The lowest BCUT2D eigenvalue weighted by Crippen LogP contribution is -2.03. The summed E-state index contributed by atoms with van der Waals surface area (Å²) in [4.78, 5) is 12.9. The summed E-state index contributed by atoms with van der Waals surface area (Å²) >= 11 is 3.42. The Morgan fingerprint density at radius 2 is 1.21 bits per heavy atom. The maximum absolute atomic E-state index is 12.9. The molecule has 33 heavy (non-hydrogen) atoms. The van der Waals surface area contributed by atoms with E-state index in [1.54, 1.807) is 36.4 Å². The van der Waals surface area contributed by atoms with Crippen LogP contribution in [0.2, 0.25) is 0 Å². The summed E-state index contributed by atoms with van der Waals surface area (Å²) < 4.78 is 18.9. The van der Waals surface area contributed by atoms with E-state index in [0.717, 1.165) is 15.6 Å². The number of halogens is 1. The summed E-state index contributed by atoms with van der Waals surface area (Å²) in [5, 5.41) is 0. The molecule has 0 radical (unpaired) electrons. The zero-order valence-corrected chi connectivity index (χ0v) is 20.2. The average molecular weight is 521 g/mol. The van der Waals surface area contributed by atoms with Crippen LogP contribution in [0.15, 0.2) is 114 Å². The molecule has 0 atom stereocenters. The summed E-state index contributed by atoms with van der Waals surface area (Å²) in [6.07, 6.45) is 0. The SMILES string of the molecule is O=C(c1cccc(Br)c1)c1cccc(OP(OCc2ccccc2)OCc2ccccc2)c1. The van der Waals surface area contributed by atoms with Crippen LogP contribution in [0.1, 0.15) is 27.0 Å². The molecule has 0 aliphatic carbocycles. The van der Waals surface area contributed by atoms with Crippen LogP contribution in [0.4, 0.5) is 0 Å². The summed E-state index contributed by atoms with van der Waals surface area (Å²) in [6, 6.07) is 34.1. The van der Waals surface area contributed by atoms with Gasteiger partial charge in [0.25, 0.3) is 0 Å². The van der Waals surface area contributed by atoms with Gasteiger partial charge in [-0.2, -0.15) is 0 Å². The largest absolute Gasteiger partial charge is 0.427 e. The molecule has 0 aliphatic heterocycles. The highest BCUT2D eigenvalue weighted by Gasteiger charge is 2.17. The fourth-order valence-electron chi connectivity index (χ4n) is 3.07. The molecule has 0 aromatic heterocycles. The van der Waals surface area contributed by atoms with E-state index in [2.05, 4.69) is 15.9 Å². The topological polar surface area (TPSA) is 44.8 Å². The highest BCUT2D eigenvalue weighted by Crippen LogP contribution is 2.42. The van der Waals surface area contributed by atoms with Crippen LogP contribution in [0, 0.1) is 0 Å². The van der Waals surface area contributed by atoms with Crippen molar-refractivity contribution >= 4 is 30.3 Å². The third-order valence-electron chi connectivity index (χ3n) is 4.72. The van der Waals surface area contributed by atoms with Crippen LogP contribution >= 0.6 is 24.5 Å². The van der Waals surface area contributed by atoms with Crippen molar-refractivity contribution in [3.8, 4) is 5.75 Å². The van der Waals surface area contributed by atoms with Crippen molar-refractivity contribution in [2.24, 2.45) is 0 Å². The number of hydrogen-bond acceptors (Lipinski definition) is 4. The van der Waals surface area contributed by atoms with Crippen LogP contribution in [0.3, 0.4) is 0 Å². The van der Waals surface area contributed by atoms with Crippen molar-refractivity contribution < 1.29 is 18.4 Å². The molecule has 0 bridgehead atoms. The molecule has 0 aliphatic rings. The van der Waals surface area contributed by atoms with Crippen molar-refractivity contribution in [1.29, 1.82) is 0 Å². The molecular weight excluding hydrogens is 499 g/mol. The molecule has 4 rings (SSSR count). The van der Waals surface area contributed by atoms with E-state index in [1.165, 1.54) is 0 Å². The van der Waals surface area contributed by atoms with Crippen LogP contribution < -0.4 is 4.52 Å². The van der Waals surface area contributed by atoms with Crippen molar-refractivity contribution in [2.75, 3.05) is 0 Å². The summed E-state index contributed by atoms with van der Waals surface area (Å²) in [6.45, 7) is 0.718. The van der Waals surface area contributed by atoms with Gasteiger partial charge in [0, 0.05) is 15.6 Å². The minimum atomic E-state index is -1.69. The van der Waals surface area contributed by atoms with Gasteiger partial charge < -0.3 is 4.52 Å². The number of ketones is 1. The van der Waals surface area contributed by atoms with E-state index >= 15 is 0 Å². The zero-order valence-electron chi connectivity index (χ0n) is 17.8. The van der Waals surface area contributed by atoms with Gasteiger partial charge >= 0.3 is 8.60 Å². The second-order valence-corrected chi connectivity index (χ2v) is 9.26. The fraction of sp³-hybridized carbons (Fsp3) is 0.0741. The van der Waals surface area contributed by atoms with Crippen molar-refractivity contribution in [3.05, 3.63) is 136 Å². The second-order valence-electron chi connectivity index (χ2n) is 7.20. The van der Waals surface area contributed by atoms with Crippen LogP contribution in [-0.2, 0) is 22.3 Å². The molecule has 0 saturated heterocycles. The molecule has 4 aromatic rings. The molecule has 6 heteroatoms. The minimum absolute atomic E-state index is 0.0820. The average Bonchev–Trinajstić information content (AvgIpc) is 2.86. The molecule has 4 nitrogen and oxygen atoms in total. The molecule has 0 spiro atoms. The highest BCUT2D eigenvalue weighted by molar-refractivity contribution is 9.10. The van der Waals surface area contributed by atoms with Gasteiger partial charge in [0.05, 0.1) is 13.2 Å². The number of carbonyl (C=O) groups is 1. The number of carbonyl (C=O) groups excluding carboxylic acids is 1. The van der Waals surface area contributed by atoms with Gasteiger partial charge in [-0.1, -0.05) is 101 Å². The molecule has 0 fully saturated rings. The number of rotatable bonds is 10. The molecular formula is C27H22BrO4P. The predicted molar refractivity (Wildman–Crippen MR) is 134 cm³/mol. The first-order chi connectivity index (χ1) is 16.2. The van der Waals surface area contributed by atoms with Crippen molar-refractivity contribution in [2.45, 2.75) is 13.2 Å². The lowest BCUT2D eigenvalue weighted by atomic mass is 10.0. The van der Waals surface area contributed by atoms with Crippen LogP contribution in [0.25, 0.3) is 0 Å². The van der Waals surface area contributed by atoms with Crippen molar-refractivity contribution in [1.82, 2.24) is 0 Å². The van der Waals surface area contributed by atoms with Crippen molar-refractivity contribution in [3.63, 3.8) is 0 Å². The van der Waals surface area contributed by atoms with Gasteiger partial charge in [-0.15, -0.1) is 0 Å². The van der Waals surface area contributed by atoms with E-state index in [-0.39, 0.29) is 5.78 Å². The Bertz CT molecular complexity index is 1140. The summed E-state index contributed by atoms with van der Waals surface area (Å²) in [7, 11) is -1.69. The highest BCUT2D eigenvalue weighted by atomic mass is 79.9. The normalized spacial score (nSPS) is 10.8. The molecule has 0 unspecified atom stereocenters. The Balaban J connectivity index is 1.48. The lowest BCUT2D eigenvalue weighted by Gasteiger charge is -2.18. The molecule has 166 valence electrons. The first kappa shape index (κ1) is 23.3. The predicted octanol–water partition coefficient (Wildman–Crippen LogP) is 7.72. The Kier molecular flexibility index (Phi) is 8.40. The molecule has 4 aromatic carbocycles. The van der Waals surface area contributed by atoms with E-state index in [9.17, 15) is 4.79 Å². The molecule has 0 N–H and O–H groups in total. The third kappa shape index (κ3) is 7.08. The zero-order chi connectivity index (χ0) is 22.9. The Hall–Kier alpha value is -2.82. The Morgan fingerprint density at radius 1 is 0.667 bits per heavy atom. The third-order valence-corrected chi connectivity index (χ3v) is 6.25. The van der Waals surface area contributed by atoms with Gasteiger partial charge in [-0.25, -0.2) is 0 Å². The second kappa shape index (κ2) is 11.9. The van der Waals surface area contributed by atoms with E-state index in [1.807, 2.05) is 72.8 Å². The summed E-state index contributed by atoms with van der Waals surface area (Å²) in [5.41, 5.74) is 3.18. The molecule has 0 heterocycles. The molecule has 0 amide bonds. The van der Waals surface area contributed by atoms with Gasteiger partial charge in [0.1, 0.15) is 5.75 Å². The first-order valence-electron chi connectivity index (χ1n) is 10.4. The van der Waals surface area contributed by atoms with Gasteiger partial charge in [-0.3, -0.25) is 13.8 Å². The lowest BCUT2D eigenvalue weighted by molar-refractivity contribution is 0.103. The molecule has 0 saturated carbocycles. The summed E-state index contributed by atoms with van der Waals surface area (Å²) in [5.74, 6) is 0.435. The van der Waals surface area contributed by atoms with E-state index < -0.39 is 8.60 Å². The fourth-order valence-corrected chi connectivity index (χ4v) is 4.44. The first-order valence-corrected chi connectivity index (χ1v) is 12.3. The minimum Gasteiger partial charge on any atom is -0.427 e. The standard InChI is InChI=1S/C27H22BrO4P/c28-25-15-7-13-23(17-25)27(29)24-14-8-16-26(18-24)32-33(30-19-21-9-3-1-4-10-21)31-20-22-11-5-2-6-12-22/h1-18H,19-20H2. The van der Waals surface area contributed by atoms with E-state index in [0.29, 0.717) is 30.1 Å². The van der Waals surface area contributed by atoms with Gasteiger partial charge in [0.15, 0.2) is 5.78 Å². The van der Waals surface area contributed by atoms with Gasteiger partial charge in [0.2, 0.25) is 0 Å². The van der Waals surface area contributed by atoms with Gasteiger partial charge in [-0.05, 0) is 35.4 Å². The van der Waals surface area contributed by atoms with Crippen LogP contribution in [-0.4, -0.2) is 5.78 Å². The number of benzene rings is 4. The van der Waals surface area contributed by atoms with Crippen LogP contribution in [0.5, 0.6) is 5.75 Å². The maximum atomic E-state index is 12.9. The van der Waals surface area contributed by atoms with E-state index in [4.69, 9.17) is 13.6 Å². The quantitative estimate of drug-likeness (QED) is 0.158. The maximum Gasteiger partial charge on any atom is 0.397 e. The Morgan fingerprint density at radius 3 is 1.79 bits per heavy atom. The smallest absolute Gasteiger partial charge is 0.397 e. The number of hydrogen-bond donors (Lipinski definition) is 0.